The van der Waals surface area contributed by atoms with Crippen LogP contribution in [-0.2, 0) is 13.1 Å². The summed E-state index contributed by atoms with van der Waals surface area (Å²) in [6.45, 7) is 9.31. The molecule has 0 aliphatic heterocycles. The van der Waals surface area contributed by atoms with Crippen LogP contribution in [-0.4, -0.2) is 33.7 Å². The van der Waals surface area contributed by atoms with E-state index in [1.54, 1.807) is 0 Å². The van der Waals surface area contributed by atoms with Crippen molar-refractivity contribution < 1.29 is 5.11 Å². The van der Waals surface area contributed by atoms with Crippen LogP contribution in [0.3, 0.4) is 0 Å². The molecule has 2 aromatic rings. The summed E-state index contributed by atoms with van der Waals surface area (Å²) in [5.41, 5.74) is 0.937. The molecule has 1 aromatic heterocycles. The second-order valence-electron chi connectivity index (χ2n) is 6.73. The number of nitrogens with zero attached hydrogens (tertiary/aromatic N) is 3. The summed E-state index contributed by atoms with van der Waals surface area (Å²) >= 11 is 0. The van der Waals surface area contributed by atoms with Crippen LogP contribution in [0, 0.1) is 5.92 Å². The minimum absolute atomic E-state index is 0. The van der Waals surface area contributed by atoms with E-state index in [9.17, 15) is 5.11 Å². The average molecular weight is 485 g/mol. The lowest BCUT2D eigenvalue weighted by Gasteiger charge is -2.15. The highest BCUT2D eigenvalue weighted by Gasteiger charge is 2.08. The normalized spacial score (nSPS) is 12.6. The first-order valence-electron chi connectivity index (χ1n) is 9.35. The van der Waals surface area contributed by atoms with Gasteiger partial charge in [-0.15, -0.1) is 24.0 Å². The van der Waals surface area contributed by atoms with Crippen LogP contribution in [0.4, 0.5) is 0 Å². The molecule has 0 saturated heterocycles. The Labute approximate surface area is 179 Å². The lowest BCUT2D eigenvalue weighted by atomic mass is 10.1. The molecule has 1 aromatic carbocycles. The zero-order valence-electron chi connectivity index (χ0n) is 16.4. The molecule has 3 N–H and O–H groups in total. The van der Waals surface area contributed by atoms with Gasteiger partial charge in [-0.1, -0.05) is 44.2 Å². The van der Waals surface area contributed by atoms with E-state index in [2.05, 4.69) is 39.0 Å². The van der Waals surface area contributed by atoms with Gasteiger partial charge in [0.05, 0.1) is 6.10 Å². The summed E-state index contributed by atoms with van der Waals surface area (Å²) in [6, 6.07) is 9.72. The second kappa shape index (κ2) is 12.7. The van der Waals surface area contributed by atoms with E-state index in [4.69, 9.17) is 0 Å². The average Bonchev–Trinajstić information content (AvgIpc) is 3.06. The van der Waals surface area contributed by atoms with E-state index in [1.165, 1.54) is 0 Å². The molecule has 0 saturated carbocycles. The van der Waals surface area contributed by atoms with Crippen molar-refractivity contribution in [3.05, 3.63) is 54.1 Å². The monoisotopic (exact) mass is 485 g/mol. The van der Waals surface area contributed by atoms with Gasteiger partial charge in [-0.05, 0) is 24.8 Å². The Morgan fingerprint density at radius 2 is 1.96 bits per heavy atom. The highest BCUT2D eigenvalue weighted by molar-refractivity contribution is 14.0. The van der Waals surface area contributed by atoms with E-state index in [0.29, 0.717) is 25.4 Å². The summed E-state index contributed by atoms with van der Waals surface area (Å²) in [6.07, 6.45) is 3.97. The third-order valence-electron chi connectivity index (χ3n) is 3.98. The van der Waals surface area contributed by atoms with Crippen LogP contribution >= 0.6 is 24.0 Å². The maximum Gasteiger partial charge on any atom is 0.191 e. The number of nitrogens with one attached hydrogen (secondary N) is 2. The van der Waals surface area contributed by atoms with E-state index >= 15 is 0 Å². The molecule has 7 heteroatoms. The number of benzene rings is 1. The summed E-state index contributed by atoms with van der Waals surface area (Å²) in [5.74, 6) is 2.27. The third-order valence-corrected chi connectivity index (χ3v) is 3.98. The SMILES string of the molecule is CCNC(=NCc1nccn1CC(C)C)NCCC(O)c1ccccc1.I. The van der Waals surface area contributed by atoms with Gasteiger partial charge in [-0.2, -0.15) is 0 Å². The molecular weight excluding hydrogens is 453 g/mol. The molecule has 2 rings (SSSR count). The molecule has 0 amide bonds. The summed E-state index contributed by atoms with van der Waals surface area (Å²) < 4.78 is 2.15. The number of halogens is 1. The number of aliphatic hydroxyl groups is 1. The van der Waals surface area contributed by atoms with E-state index in [1.807, 2.05) is 49.6 Å². The fourth-order valence-electron chi connectivity index (χ4n) is 2.71. The second-order valence-corrected chi connectivity index (χ2v) is 6.73. The van der Waals surface area contributed by atoms with Crippen LogP contribution in [0.1, 0.15) is 44.7 Å². The van der Waals surface area contributed by atoms with Crippen LogP contribution in [0.25, 0.3) is 0 Å². The summed E-state index contributed by atoms with van der Waals surface area (Å²) in [5, 5.41) is 16.8. The van der Waals surface area contributed by atoms with Gasteiger partial charge in [-0.3, -0.25) is 0 Å². The topological polar surface area (TPSA) is 74.5 Å². The highest BCUT2D eigenvalue weighted by Crippen LogP contribution is 2.14. The molecule has 1 heterocycles. The van der Waals surface area contributed by atoms with Crippen molar-refractivity contribution in [1.29, 1.82) is 0 Å². The summed E-state index contributed by atoms with van der Waals surface area (Å²) in [4.78, 5) is 9.03. The van der Waals surface area contributed by atoms with E-state index in [0.717, 1.165) is 30.4 Å². The first kappa shape index (κ1) is 23.4. The molecule has 1 atom stereocenters. The molecule has 0 spiro atoms. The Hall–Kier alpha value is -1.61. The molecule has 6 nitrogen and oxygen atoms in total. The van der Waals surface area contributed by atoms with Gasteiger partial charge in [-0.25, -0.2) is 9.98 Å². The van der Waals surface area contributed by atoms with Crippen LogP contribution < -0.4 is 10.6 Å². The van der Waals surface area contributed by atoms with Crippen LogP contribution in [0.2, 0.25) is 0 Å². The van der Waals surface area contributed by atoms with Crippen molar-refractivity contribution >= 4 is 29.9 Å². The Morgan fingerprint density at radius 1 is 1.22 bits per heavy atom. The number of hydrogen-bond acceptors (Lipinski definition) is 3. The minimum atomic E-state index is -0.475. The molecular formula is C20H32IN5O. The predicted molar refractivity (Wildman–Crippen MR) is 121 cm³/mol. The molecule has 0 aliphatic carbocycles. The minimum Gasteiger partial charge on any atom is -0.388 e. The molecule has 0 radical (unpaired) electrons. The van der Waals surface area contributed by atoms with E-state index < -0.39 is 6.10 Å². The predicted octanol–water partition coefficient (Wildman–Crippen LogP) is 3.34. The Kier molecular flexibility index (Phi) is 11.0. The highest BCUT2D eigenvalue weighted by atomic mass is 127. The molecule has 150 valence electrons. The Bertz CT molecular complexity index is 672. The van der Waals surface area contributed by atoms with Gasteiger partial charge < -0.3 is 20.3 Å². The van der Waals surface area contributed by atoms with Crippen molar-refractivity contribution in [2.24, 2.45) is 10.9 Å². The van der Waals surface area contributed by atoms with Crippen molar-refractivity contribution in [1.82, 2.24) is 20.2 Å². The lowest BCUT2D eigenvalue weighted by Crippen LogP contribution is -2.38. The number of hydrogen-bond donors (Lipinski definition) is 3. The Morgan fingerprint density at radius 3 is 2.63 bits per heavy atom. The number of imidazole rings is 1. The van der Waals surface area contributed by atoms with Crippen molar-refractivity contribution in [2.45, 2.75) is 46.4 Å². The third kappa shape index (κ3) is 8.30. The number of aromatic nitrogens is 2. The lowest BCUT2D eigenvalue weighted by molar-refractivity contribution is 0.168. The first-order valence-corrected chi connectivity index (χ1v) is 9.35. The van der Waals surface area contributed by atoms with Crippen molar-refractivity contribution in [3.8, 4) is 0 Å². The van der Waals surface area contributed by atoms with Gasteiger partial charge in [0.2, 0.25) is 0 Å². The summed E-state index contributed by atoms with van der Waals surface area (Å²) in [7, 11) is 0. The van der Waals surface area contributed by atoms with Gasteiger partial charge in [0.15, 0.2) is 5.96 Å². The van der Waals surface area contributed by atoms with Crippen molar-refractivity contribution in [2.75, 3.05) is 13.1 Å². The van der Waals surface area contributed by atoms with Gasteiger partial charge in [0, 0.05) is 32.0 Å². The zero-order chi connectivity index (χ0) is 18.8. The zero-order valence-corrected chi connectivity index (χ0v) is 18.8. The van der Waals surface area contributed by atoms with Gasteiger partial charge in [0.1, 0.15) is 12.4 Å². The molecule has 0 aliphatic rings. The molecule has 0 bridgehead atoms. The number of rotatable bonds is 9. The number of aliphatic hydroxyl groups excluding tert-OH is 1. The standard InChI is InChI=1S/C20H31N5O.HI/c1-4-21-20(23-11-10-18(26)17-8-6-5-7-9-17)24-14-19-22-12-13-25(19)15-16(2)3;/h5-9,12-13,16,18,26H,4,10-11,14-15H2,1-3H3,(H2,21,23,24);1H. The maximum atomic E-state index is 10.3. The molecule has 27 heavy (non-hydrogen) atoms. The smallest absolute Gasteiger partial charge is 0.191 e. The Balaban J connectivity index is 0.00000364. The number of guanidine groups is 1. The first-order chi connectivity index (χ1) is 12.6. The largest absolute Gasteiger partial charge is 0.388 e. The fourth-order valence-corrected chi connectivity index (χ4v) is 2.71. The molecule has 1 unspecified atom stereocenters. The van der Waals surface area contributed by atoms with Gasteiger partial charge >= 0.3 is 0 Å². The van der Waals surface area contributed by atoms with Crippen LogP contribution in [0.15, 0.2) is 47.7 Å². The van der Waals surface area contributed by atoms with Gasteiger partial charge in [0.25, 0.3) is 0 Å². The van der Waals surface area contributed by atoms with Crippen molar-refractivity contribution in [3.63, 3.8) is 0 Å². The number of aliphatic imine (C=N–C) groups is 1. The van der Waals surface area contributed by atoms with Crippen LogP contribution in [0.5, 0.6) is 0 Å². The quantitative estimate of drug-likeness (QED) is 0.290. The molecule has 0 fully saturated rings. The fraction of sp³-hybridized carbons (Fsp3) is 0.500. The van der Waals surface area contributed by atoms with E-state index in [-0.39, 0.29) is 24.0 Å². The maximum absolute atomic E-state index is 10.3.